The Kier molecular flexibility index (Phi) is 7.32. The van der Waals surface area contributed by atoms with Crippen molar-refractivity contribution < 1.29 is 19.4 Å². The van der Waals surface area contributed by atoms with Crippen LogP contribution in [0.2, 0.25) is 0 Å². The van der Waals surface area contributed by atoms with Crippen LogP contribution in [0.4, 0.5) is 10.7 Å². The lowest BCUT2D eigenvalue weighted by molar-refractivity contribution is 0.0526. The van der Waals surface area contributed by atoms with Crippen molar-refractivity contribution in [1.82, 2.24) is 20.2 Å². The maximum atomic E-state index is 12.3. The molecule has 2 heterocycles. The van der Waals surface area contributed by atoms with E-state index in [1.807, 2.05) is 0 Å². The van der Waals surface area contributed by atoms with Gasteiger partial charge < -0.3 is 20.5 Å². The van der Waals surface area contributed by atoms with E-state index >= 15 is 0 Å². The zero-order chi connectivity index (χ0) is 22.9. The fourth-order valence-corrected chi connectivity index (χ4v) is 2.76. The molecule has 0 spiro atoms. The van der Waals surface area contributed by atoms with Crippen LogP contribution in [0.3, 0.4) is 0 Å². The van der Waals surface area contributed by atoms with Gasteiger partial charge in [0.25, 0.3) is 0 Å². The number of carboxylic acid groups (broad SMARTS) is 1. The number of benzene rings is 1. The monoisotopic (exact) mass is 435 g/mol. The van der Waals surface area contributed by atoms with Gasteiger partial charge in [0, 0.05) is 31.0 Å². The highest BCUT2D eigenvalue weighted by atomic mass is 16.5. The van der Waals surface area contributed by atoms with Crippen molar-refractivity contribution in [3.63, 3.8) is 0 Å². The molecular weight excluding hydrogens is 414 g/mol. The smallest absolute Gasteiger partial charge is 0.412 e. The number of amidine groups is 1. The summed E-state index contributed by atoms with van der Waals surface area (Å²) in [6.07, 6.45) is 3.35. The zero-order valence-corrected chi connectivity index (χ0v) is 17.3. The second-order valence-corrected chi connectivity index (χ2v) is 6.47. The average Bonchev–Trinajstić information content (AvgIpc) is 2.82. The van der Waals surface area contributed by atoms with Crippen LogP contribution < -0.4 is 10.6 Å². The fraction of sp³-hybridized carbons (Fsp3) is 0.238. The summed E-state index contributed by atoms with van der Waals surface area (Å²) in [5, 5.41) is 24.0. The van der Waals surface area contributed by atoms with Crippen LogP contribution in [0.25, 0.3) is 11.3 Å². The number of hydrogen-bond donors (Lipinski definition) is 3. The van der Waals surface area contributed by atoms with Crippen LogP contribution in [-0.4, -0.2) is 64.2 Å². The summed E-state index contributed by atoms with van der Waals surface area (Å²) in [5.74, 6) is 0.358. The Morgan fingerprint density at radius 3 is 2.62 bits per heavy atom. The van der Waals surface area contributed by atoms with E-state index in [1.54, 1.807) is 37.3 Å². The van der Waals surface area contributed by atoms with Crippen molar-refractivity contribution in [3.8, 4) is 17.3 Å². The number of nitrogens with zero attached hydrogens (tertiary/aromatic N) is 5. The summed E-state index contributed by atoms with van der Waals surface area (Å²) >= 11 is 0. The van der Waals surface area contributed by atoms with E-state index in [2.05, 4.69) is 31.7 Å². The number of ether oxygens (including phenoxy) is 1. The van der Waals surface area contributed by atoms with E-state index in [9.17, 15) is 9.59 Å². The molecule has 1 amide bonds. The Morgan fingerprint density at radius 2 is 2.00 bits per heavy atom. The van der Waals surface area contributed by atoms with E-state index in [0.29, 0.717) is 41.7 Å². The topological polar surface area (TPSA) is 153 Å². The third-order valence-electron chi connectivity index (χ3n) is 4.34. The number of aromatic nitrogens is 2. The second kappa shape index (κ2) is 10.5. The van der Waals surface area contributed by atoms with Crippen LogP contribution in [0.15, 0.2) is 47.7 Å². The zero-order valence-electron chi connectivity index (χ0n) is 17.3. The van der Waals surface area contributed by atoms with Gasteiger partial charge in [0.2, 0.25) is 5.95 Å². The normalized spacial score (nSPS) is 12.5. The number of carbonyl (C=O) groups excluding carboxylic acids is 1. The van der Waals surface area contributed by atoms with Crippen LogP contribution >= 0.6 is 0 Å². The molecule has 0 saturated heterocycles. The number of nitriles is 1. The van der Waals surface area contributed by atoms with Crippen LogP contribution in [0.1, 0.15) is 22.8 Å². The molecule has 0 unspecified atom stereocenters. The van der Waals surface area contributed by atoms with Gasteiger partial charge in [-0.1, -0.05) is 12.1 Å². The molecule has 2 aromatic rings. The van der Waals surface area contributed by atoms with Gasteiger partial charge in [-0.25, -0.2) is 24.5 Å². The maximum absolute atomic E-state index is 12.3. The molecule has 164 valence electrons. The van der Waals surface area contributed by atoms with Gasteiger partial charge >= 0.3 is 12.1 Å². The Bertz CT molecular complexity index is 1090. The van der Waals surface area contributed by atoms with Crippen molar-refractivity contribution in [2.75, 3.05) is 31.7 Å². The Balaban J connectivity index is 1.67. The van der Waals surface area contributed by atoms with Crippen molar-refractivity contribution >= 4 is 23.8 Å². The predicted molar refractivity (Wildman–Crippen MR) is 116 cm³/mol. The molecule has 0 aliphatic carbocycles. The fourth-order valence-electron chi connectivity index (χ4n) is 2.76. The van der Waals surface area contributed by atoms with Crippen molar-refractivity contribution in [2.45, 2.75) is 6.92 Å². The van der Waals surface area contributed by atoms with Gasteiger partial charge in [-0.05, 0) is 25.1 Å². The van der Waals surface area contributed by atoms with Gasteiger partial charge in [0.15, 0.2) is 0 Å². The quantitative estimate of drug-likeness (QED) is 0.438. The molecular formula is C21H21N7O4. The first-order valence-electron chi connectivity index (χ1n) is 9.76. The van der Waals surface area contributed by atoms with E-state index in [0.717, 1.165) is 4.90 Å². The highest BCUT2D eigenvalue weighted by molar-refractivity contribution is 5.96. The summed E-state index contributed by atoms with van der Waals surface area (Å²) < 4.78 is 5.10. The van der Waals surface area contributed by atoms with Gasteiger partial charge in [0.1, 0.15) is 18.1 Å². The number of esters is 1. The Hall–Kier alpha value is -4.46. The molecule has 1 aliphatic heterocycles. The lowest BCUT2D eigenvalue weighted by atomic mass is 10.1. The Morgan fingerprint density at radius 1 is 1.25 bits per heavy atom. The predicted octanol–water partition coefficient (Wildman–Crippen LogP) is 2.06. The van der Waals surface area contributed by atoms with E-state index in [-0.39, 0.29) is 18.8 Å². The lowest BCUT2D eigenvalue weighted by Gasteiger charge is -2.17. The molecule has 11 heteroatoms. The maximum Gasteiger partial charge on any atom is 0.412 e. The first kappa shape index (κ1) is 22.2. The van der Waals surface area contributed by atoms with E-state index < -0.39 is 12.1 Å². The minimum atomic E-state index is -1.06. The second-order valence-electron chi connectivity index (χ2n) is 6.47. The standard InChI is InChI=1S/C21H21N7O4/c1-2-32-19(29)16-12-25-20(27-18(16)15-5-3-14(11-22)4-6-15)24-9-8-23-17-7-10-28(13-26-17)21(30)31/h3-7,10,12H,2,8-9,13H2,1H3,(H,23,26)(H,30,31)(H,24,25,27). The highest BCUT2D eigenvalue weighted by Gasteiger charge is 2.17. The van der Waals surface area contributed by atoms with Gasteiger partial charge in [-0.15, -0.1) is 0 Å². The first-order chi connectivity index (χ1) is 15.5. The van der Waals surface area contributed by atoms with Crippen LogP contribution in [0, 0.1) is 11.3 Å². The molecule has 0 saturated carbocycles. The van der Waals surface area contributed by atoms with Crippen molar-refractivity contribution in [1.29, 1.82) is 5.26 Å². The number of anilines is 1. The number of amides is 1. The molecule has 3 N–H and O–H groups in total. The molecule has 1 aromatic carbocycles. The molecule has 0 radical (unpaired) electrons. The summed E-state index contributed by atoms with van der Waals surface area (Å²) in [4.78, 5) is 37.0. The number of carbonyl (C=O) groups is 2. The molecule has 0 bridgehead atoms. The minimum Gasteiger partial charge on any atom is -0.465 e. The van der Waals surface area contributed by atoms with E-state index in [1.165, 1.54) is 12.4 Å². The minimum absolute atomic E-state index is 0.0357. The summed E-state index contributed by atoms with van der Waals surface area (Å²) in [6, 6.07) is 8.77. The molecule has 1 aliphatic rings. The number of hydrogen-bond acceptors (Lipinski definition) is 9. The molecule has 0 fully saturated rings. The first-order valence-corrected chi connectivity index (χ1v) is 9.76. The summed E-state index contributed by atoms with van der Waals surface area (Å²) in [7, 11) is 0. The molecule has 1 aromatic heterocycles. The number of aliphatic imine (C=N–C) groups is 1. The molecule has 32 heavy (non-hydrogen) atoms. The van der Waals surface area contributed by atoms with E-state index in [4.69, 9.17) is 15.1 Å². The third-order valence-corrected chi connectivity index (χ3v) is 4.34. The van der Waals surface area contributed by atoms with Gasteiger partial charge in [-0.2, -0.15) is 5.26 Å². The largest absolute Gasteiger partial charge is 0.465 e. The summed E-state index contributed by atoms with van der Waals surface area (Å²) in [6.45, 7) is 2.90. The third kappa shape index (κ3) is 5.57. The SMILES string of the molecule is CCOC(=O)c1cnc(NCCNC2=NCN(C(=O)O)C=C2)nc1-c1ccc(C#N)cc1. The lowest BCUT2D eigenvalue weighted by Crippen LogP contribution is -2.34. The van der Waals surface area contributed by atoms with Gasteiger partial charge in [-0.3, -0.25) is 4.90 Å². The summed E-state index contributed by atoms with van der Waals surface area (Å²) in [5.41, 5.74) is 1.77. The van der Waals surface area contributed by atoms with Crippen LogP contribution in [0.5, 0.6) is 0 Å². The molecule has 11 nitrogen and oxygen atoms in total. The molecule has 0 atom stereocenters. The van der Waals surface area contributed by atoms with Gasteiger partial charge in [0.05, 0.1) is 23.9 Å². The van der Waals surface area contributed by atoms with Crippen molar-refractivity contribution in [3.05, 3.63) is 53.9 Å². The number of rotatable bonds is 7. The molecule has 3 rings (SSSR count). The average molecular weight is 435 g/mol. The Labute approximate surface area is 184 Å². The highest BCUT2D eigenvalue weighted by Crippen LogP contribution is 2.23. The number of nitrogens with one attached hydrogen (secondary N) is 2. The van der Waals surface area contributed by atoms with Crippen molar-refractivity contribution in [2.24, 2.45) is 4.99 Å². The van der Waals surface area contributed by atoms with Crippen LogP contribution in [-0.2, 0) is 4.74 Å².